The van der Waals surface area contributed by atoms with E-state index in [4.69, 9.17) is 0 Å². The molecule has 1 aliphatic heterocycles. The van der Waals surface area contributed by atoms with E-state index in [0.717, 1.165) is 19.6 Å². The second-order valence-corrected chi connectivity index (χ2v) is 5.89. The molecule has 0 radical (unpaired) electrons. The minimum atomic E-state index is -0.0852. The lowest BCUT2D eigenvalue weighted by atomic mass is 9.95. The van der Waals surface area contributed by atoms with E-state index in [2.05, 4.69) is 48.3 Å². The number of nitrogens with one attached hydrogen (secondary N) is 1. The Labute approximate surface area is 110 Å². The molecule has 0 spiro atoms. The molecule has 1 aromatic carbocycles. The zero-order valence-corrected chi connectivity index (χ0v) is 11.4. The summed E-state index contributed by atoms with van der Waals surface area (Å²) in [4.78, 5) is 2.44. The molecule has 1 aromatic rings. The van der Waals surface area contributed by atoms with Crippen LogP contribution in [0.3, 0.4) is 0 Å². The molecule has 18 heavy (non-hydrogen) atoms. The summed E-state index contributed by atoms with van der Waals surface area (Å²) in [5.41, 5.74) is 2.39. The first kappa shape index (κ1) is 13.2. The van der Waals surface area contributed by atoms with Crippen LogP contribution in [-0.2, 0) is 0 Å². The predicted octanol–water partition coefficient (Wildman–Crippen LogP) is 2.72. The van der Waals surface area contributed by atoms with E-state index in [1.54, 1.807) is 0 Å². The Balaban J connectivity index is 2.07. The Hall–Kier alpha value is -1.22. The summed E-state index contributed by atoms with van der Waals surface area (Å²) in [5.74, 6) is 0. The number of rotatable bonds is 5. The molecule has 3 nitrogen and oxygen atoms in total. The van der Waals surface area contributed by atoms with Crippen molar-refractivity contribution < 1.29 is 5.11 Å². The van der Waals surface area contributed by atoms with Crippen LogP contribution in [0.15, 0.2) is 24.3 Å². The summed E-state index contributed by atoms with van der Waals surface area (Å²) < 4.78 is 0. The van der Waals surface area contributed by atoms with Gasteiger partial charge in [0.25, 0.3) is 0 Å². The highest BCUT2D eigenvalue weighted by Gasteiger charge is 2.19. The molecular formula is C15H24N2O. The predicted molar refractivity (Wildman–Crippen MR) is 77.2 cm³/mol. The molecule has 1 saturated heterocycles. The fourth-order valence-electron chi connectivity index (χ4n) is 2.25. The summed E-state index contributed by atoms with van der Waals surface area (Å²) in [5, 5.41) is 12.8. The minimum absolute atomic E-state index is 0.0852. The van der Waals surface area contributed by atoms with Crippen LogP contribution in [0.5, 0.6) is 0 Å². The molecule has 1 fully saturated rings. The normalized spacial score (nSPS) is 16.1. The summed E-state index contributed by atoms with van der Waals surface area (Å²) >= 11 is 0. The third-order valence-electron chi connectivity index (χ3n) is 3.54. The SMILES string of the molecule is CC(C)(CO)CNc1ccccc1N1CCCC1. The lowest BCUT2D eigenvalue weighted by Gasteiger charge is -2.26. The fraction of sp³-hybridized carbons (Fsp3) is 0.600. The Morgan fingerprint density at radius 2 is 1.89 bits per heavy atom. The van der Waals surface area contributed by atoms with Crippen LogP contribution in [0.25, 0.3) is 0 Å². The van der Waals surface area contributed by atoms with Gasteiger partial charge < -0.3 is 15.3 Å². The van der Waals surface area contributed by atoms with E-state index in [9.17, 15) is 5.11 Å². The topological polar surface area (TPSA) is 35.5 Å². The number of aliphatic hydroxyl groups excluding tert-OH is 1. The summed E-state index contributed by atoms with van der Waals surface area (Å²) in [6, 6.07) is 8.46. The van der Waals surface area contributed by atoms with Gasteiger partial charge in [0.15, 0.2) is 0 Å². The Morgan fingerprint density at radius 3 is 2.56 bits per heavy atom. The summed E-state index contributed by atoms with van der Waals surface area (Å²) in [6.45, 7) is 7.43. The molecule has 100 valence electrons. The maximum atomic E-state index is 9.30. The lowest BCUT2D eigenvalue weighted by molar-refractivity contribution is 0.171. The molecule has 2 rings (SSSR count). The number of anilines is 2. The van der Waals surface area contributed by atoms with Crippen LogP contribution in [0.2, 0.25) is 0 Å². The standard InChI is InChI=1S/C15H24N2O/c1-15(2,12-18)11-16-13-7-3-4-8-14(13)17-9-5-6-10-17/h3-4,7-8,16,18H,5-6,9-12H2,1-2H3. The van der Waals surface area contributed by atoms with Crippen LogP contribution in [-0.4, -0.2) is 31.3 Å². The van der Waals surface area contributed by atoms with Crippen LogP contribution < -0.4 is 10.2 Å². The van der Waals surface area contributed by atoms with Gasteiger partial charge in [0, 0.05) is 31.7 Å². The van der Waals surface area contributed by atoms with E-state index in [-0.39, 0.29) is 12.0 Å². The number of para-hydroxylation sites is 2. The van der Waals surface area contributed by atoms with Gasteiger partial charge in [-0.3, -0.25) is 0 Å². The average molecular weight is 248 g/mol. The van der Waals surface area contributed by atoms with Gasteiger partial charge in [-0.1, -0.05) is 26.0 Å². The quantitative estimate of drug-likeness (QED) is 0.841. The van der Waals surface area contributed by atoms with Crippen LogP contribution >= 0.6 is 0 Å². The summed E-state index contributed by atoms with van der Waals surface area (Å²) in [7, 11) is 0. The maximum Gasteiger partial charge on any atom is 0.0602 e. The smallest absolute Gasteiger partial charge is 0.0602 e. The van der Waals surface area contributed by atoms with Crippen LogP contribution in [0.1, 0.15) is 26.7 Å². The van der Waals surface area contributed by atoms with Gasteiger partial charge in [0.1, 0.15) is 0 Å². The van der Waals surface area contributed by atoms with Crippen LogP contribution in [0, 0.1) is 5.41 Å². The molecule has 0 atom stereocenters. The first-order valence-electron chi connectivity index (χ1n) is 6.81. The number of hydrogen-bond acceptors (Lipinski definition) is 3. The van der Waals surface area contributed by atoms with E-state index < -0.39 is 0 Å². The monoisotopic (exact) mass is 248 g/mol. The highest BCUT2D eigenvalue weighted by atomic mass is 16.3. The van der Waals surface area contributed by atoms with Gasteiger partial charge in [0.2, 0.25) is 0 Å². The van der Waals surface area contributed by atoms with E-state index >= 15 is 0 Å². The molecule has 1 aliphatic rings. The molecule has 0 amide bonds. The first-order valence-corrected chi connectivity index (χ1v) is 6.81. The number of nitrogens with zero attached hydrogens (tertiary/aromatic N) is 1. The Bertz CT molecular complexity index is 384. The van der Waals surface area contributed by atoms with Crippen LogP contribution in [0.4, 0.5) is 11.4 Å². The highest BCUT2D eigenvalue weighted by Crippen LogP contribution is 2.29. The van der Waals surface area contributed by atoms with Crippen molar-refractivity contribution in [1.82, 2.24) is 0 Å². The Morgan fingerprint density at radius 1 is 1.22 bits per heavy atom. The van der Waals surface area contributed by atoms with Gasteiger partial charge in [-0.2, -0.15) is 0 Å². The van der Waals surface area contributed by atoms with Crippen molar-refractivity contribution in [3.8, 4) is 0 Å². The molecule has 1 heterocycles. The molecule has 0 unspecified atom stereocenters. The Kier molecular flexibility index (Phi) is 4.12. The number of benzene rings is 1. The van der Waals surface area contributed by atoms with Crippen molar-refractivity contribution in [2.75, 3.05) is 36.5 Å². The zero-order valence-electron chi connectivity index (χ0n) is 11.4. The number of hydrogen-bond donors (Lipinski definition) is 2. The number of aliphatic hydroxyl groups is 1. The molecule has 0 aromatic heterocycles. The summed E-state index contributed by atoms with van der Waals surface area (Å²) in [6.07, 6.45) is 2.58. The highest BCUT2D eigenvalue weighted by molar-refractivity contribution is 5.70. The molecule has 2 N–H and O–H groups in total. The second kappa shape index (κ2) is 5.61. The van der Waals surface area contributed by atoms with Gasteiger partial charge in [-0.25, -0.2) is 0 Å². The molecular weight excluding hydrogens is 224 g/mol. The largest absolute Gasteiger partial charge is 0.396 e. The average Bonchev–Trinajstić information content (AvgIpc) is 2.91. The molecule has 3 heteroatoms. The van der Waals surface area contributed by atoms with Crippen molar-refractivity contribution in [2.24, 2.45) is 5.41 Å². The van der Waals surface area contributed by atoms with Gasteiger partial charge in [0.05, 0.1) is 11.4 Å². The second-order valence-electron chi connectivity index (χ2n) is 5.89. The van der Waals surface area contributed by atoms with Gasteiger partial charge >= 0.3 is 0 Å². The third kappa shape index (κ3) is 3.16. The maximum absolute atomic E-state index is 9.30. The van der Waals surface area contributed by atoms with E-state index in [0.29, 0.717) is 0 Å². The molecule has 0 bridgehead atoms. The van der Waals surface area contributed by atoms with E-state index in [1.807, 2.05) is 0 Å². The van der Waals surface area contributed by atoms with Gasteiger partial charge in [-0.05, 0) is 25.0 Å². The molecule has 0 saturated carbocycles. The molecule has 0 aliphatic carbocycles. The van der Waals surface area contributed by atoms with Crippen molar-refractivity contribution in [3.05, 3.63) is 24.3 Å². The fourth-order valence-corrected chi connectivity index (χ4v) is 2.25. The van der Waals surface area contributed by atoms with Crippen molar-refractivity contribution in [3.63, 3.8) is 0 Å². The minimum Gasteiger partial charge on any atom is -0.396 e. The van der Waals surface area contributed by atoms with Crippen molar-refractivity contribution in [2.45, 2.75) is 26.7 Å². The van der Waals surface area contributed by atoms with Crippen molar-refractivity contribution >= 4 is 11.4 Å². The first-order chi connectivity index (χ1) is 8.62. The lowest BCUT2D eigenvalue weighted by Crippen LogP contribution is -2.28. The van der Waals surface area contributed by atoms with E-state index in [1.165, 1.54) is 24.2 Å². The zero-order chi connectivity index (χ0) is 13.0. The van der Waals surface area contributed by atoms with Crippen molar-refractivity contribution in [1.29, 1.82) is 0 Å². The van der Waals surface area contributed by atoms with Gasteiger partial charge in [-0.15, -0.1) is 0 Å². The third-order valence-corrected chi connectivity index (χ3v) is 3.54.